The molecule has 1 saturated carbocycles. The van der Waals surface area contributed by atoms with Gasteiger partial charge in [0.15, 0.2) is 9.84 Å². The first-order valence-electron chi connectivity index (χ1n) is 7.19. The normalized spacial score (nSPS) is 15.6. The number of amides is 1. The third kappa shape index (κ3) is 4.56. The Balaban J connectivity index is 1.92. The maximum atomic E-state index is 12.1. The quantitative estimate of drug-likeness (QED) is 0.827. The van der Waals surface area contributed by atoms with Gasteiger partial charge in [-0.3, -0.25) is 9.59 Å². The van der Waals surface area contributed by atoms with Gasteiger partial charge in [-0.2, -0.15) is 0 Å². The summed E-state index contributed by atoms with van der Waals surface area (Å²) >= 11 is 0. The van der Waals surface area contributed by atoms with Crippen molar-refractivity contribution >= 4 is 27.4 Å². The molecule has 1 fully saturated rings. The maximum Gasteiger partial charge on any atom is 0.307 e. The average molecular weight is 325 g/mol. The zero-order chi connectivity index (χ0) is 16.2. The molecule has 22 heavy (non-hydrogen) atoms. The summed E-state index contributed by atoms with van der Waals surface area (Å²) < 4.78 is 24.2. The van der Waals surface area contributed by atoms with Crippen LogP contribution in [-0.2, 0) is 25.8 Å². The van der Waals surface area contributed by atoms with E-state index in [9.17, 15) is 18.0 Å². The lowest BCUT2D eigenvalue weighted by Crippen LogP contribution is -2.29. The summed E-state index contributed by atoms with van der Waals surface area (Å²) in [6.45, 7) is 0. The Morgan fingerprint density at radius 1 is 1.14 bits per heavy atom. The van der Waals surface area contributed by atoms with Crippen molar-refractivity contribution in [3.05, 3.63) is 29.8 Å². The molecule has 0 saturated heterocycles. The van der Waals surface area contributed by atoms with Crippen molar-refractivity contribution in [2.45, 2.75) is 37.4 Å². The van der Waals surface area contributed by atoms with Gasteiger partial charge in [-0.1, -0.05) is 25.0 Å². The van der Waals surface area contributed by atoms with Crippen LogP contribution in [-0.4, -0.2) is 36.4 Å². The number of anilines is 1. The maximum absolute atomic E-state index is 12.1. The molecule has 0 atom stereocenters. The first kappa shape index (κ1) is 16.5. The van der Waals surface area contributed by atoms with E-state index in [-0.39, 0.29) is 6.42 Å². The van der Waals surface area contributed by atoms with Crippen LogP contribution in [0, 0.1) is 0 Å². The summed E-state index contributed by atoms with van der Waals surface area (Å²) in [5.41, 5.74) is 1.07. The van der Waals surface area contributed by atoms with Crippen LogP contribution in [0.5, 0.6) is 0 Å². The third-order valence-electron chi connectivity index (χ3n) is 3.74. The molecule has 7 heteroatoms. The molecule has 0 unspecified atom stereocenters. The Morgan fingerprint density at radius 3 is 2.27 bits per heavy atom. The molecule has 0 radical (unpaired) electrons. The second-order valence-corrected chi connectivity index (χ2v) is 7.81. The van der Waals surface area contributed by atoms with Gasteiger partial charge in [-0.05, 0) is 30.5 Å². The van der Waals surface area contributed by atoms with Crippen molar-refractivity contribution in [2.24, 2.45) is 0 Å². The Bertz CT molecular complexity index is 645. The number of hydrogen-bond donors (Lipinski definition) is 2. The minimum Gasteiger partial charge on any atom is -0.481 e. The molecule has 120 valence electrons. The van der Waals surface area contributed by atoms with Gasteiger partial charge in [0.2, 0.25) is 5.91 Å². The van der Waals surface area contributed by atoms with Crippen LogP contribution in [0.1, 0.15) is 31.2 Å². The average Bonchev–Trinajstić information content (AvgIpc) is 2.94. The van der Waals surface area contributed by atoms with Gasteiger partial charge in [0.05, 0.1) is 11.7 Å². The van der Waals surface area contributed by atoms with Crippen molar-refractivity contribution in [1.29, 1.82) is 0 Å². The molecule has 1 aliphatic carbocycles. The first-order chi connectivity index (χ1) is 10.4. The highest BCUT2D eigenvalue weighted by molar-refractivity contribution is 7.92. The van der Waals surface area contributed by atoms with E-state index in [0.717, 1.165) is 12.8 Å². The number of nitrogens with one attached hydrogen (secondary N) is 1. The predicted molar refractivity (Wildman–Crippen MR) is 82.5 cm³/mol. The lowest BCUT2D eigenvalue weighted by molar-refractivity contribution is -0.136. The SMILES string of the molecule is O=C(O)Cc1ccc(NC(=O)CS(=O)(=O)C2CCCC2)cc1. The molecule has 6 nitrogen and oxygen atoms in total. The number of rotatable bonds is 6. The molecule has 2 N–H and O–H groups in total. The highest BCUT2D eigenvalue weighted by Gasteiger charge is 2.30. The summed E-state index contributed by atoms with van der Waals surface area (Å²) in [5.74, 6) is -1.99. The number of carbonyl (C=O) groups excluding carboxylic acids is 1. The predicted octanol–water partition coefficient (Wildman–Crippen LogP) is 1.61. The van der Waals surface area contributed by atoms with E-state index < -0.39 is 32.7 Å². The van der Waals surface area contributed by atoms with Gasteiger partial charge in [-0.15, -0.1) is 0 Å². The molecule has 0 heterocycles. The van der Waals surface area contributed by atoms with Crippen LogP contribution in [0.2, 0.25) is 0 Å². The van der Waals surface area contributed by atoms with E-state index in [1.165, 1.54) is 0 Å². The van der Waals surface area contributed by atoms with Crippen LogP contribution in [0.15, 0.2) is 24.3 Å². The second kappa shape index (κ2) is 6.91. The van der Waals surface area contributed by atoms with Crippen molar-refractivity contribution in [3.63, 3.8) is 0 Å². The van der Waals surface area contributed by atoms with E-state index in [1.807, 2.05) is 0 Å². The Morgan fingerprint density at radius 2 is 1.73 bits per heavy atom. The number of aliphatic carboxylic acids is 1. The minimum absolute atomic E-state index is 0.0930. The molecule has 0 spiro atoms. The molecule has 0 aliphatic heterocycles. The van der Waals surface area contributed by atoms with Crippen LogP contribution in [0.3, 0.4) is 0 Å². The number of carboxylic acids is 1. The number of sulfone groups is 1. The minimum atomic E-state index is -3.39. The molecule has 2 rings (SSSR count). The lowest BCUT2D eigenvalue weighted by Gasteiger charge is -2.11. The summed E-state index contributed by atoms with van der Waals surface area (Å²) in [6, 6.07) is 6.32. The van der Waals surface area contributed by atoms with Gasteiger partial charge < -0.3 is 10.4 Å². The molecule has 1 aromatic rings. The van der Waals surface area contributed by atoms with Gasteiger partial charge in [0.25, 0.3) is 0 Å². The van der Waals surface area contributed by atoms with Gasteiger partial charge in [-0.25, -0.2) is 8.42 Å². The lowest BCUT2D eigenvalue weighted by atomic mass is 10.1. The van der Waals surface area contributed by atoms with Crippen molar-refractivity contribution in [1.82, 2.24) is 0 Å². The third-order valence-corrected chi connectivity index (χ3v) is 5.89. The molecule has 1 aliphatic rings. The molecule has 0 aromatic heterocycles. The van der Waals surface area contributed by atoms with E-state index in [4.69, 9.17) is 5.11 Å². The van der Waals surface area contributed by atoms with Gasteiger partial charge in [0, 0.05) is 5.69 Å². The van der Waals surface area contributed by atoms with Crippen molar-refractivity contribution in [3.8, 4) is 0 Å². The Labute approximate surface area is 129 Å². The first-order valence-corrected chi connectivity index (χ1v) is 8.90. The van der Waals surface area contributed by atoms with Crippen molar-refractivity contribution in [2.75, 3.05) is 11.1 Å². The van der Waals surface area contributed by atoms with E-state index in [1.54, 1.807) is 24.3 Å². The number of benzene rings is 1. The van der Waals surface area contributed by atoms with E-state index in [0.29, 0.717) is 24.1 Å². The van der Waals surface area contributed by atoms with Gasteiger partial charge >= 0.3 is 5.97 Å². The highest BCUT2D eigenvalue weighted by atomic mass is 32.2. The smallest absolute Gasteiger partial charge is 0.307 e. The Kier molecular flexibility index (Phi) is 5.18. The summed E-state index contributed by atoms with van der Waals surface area (Å²) in [7, 11) is -3.39. The van der Waals surface area contributed by atoms with Crippen LogP contribution in [0.4, 0.5) is 5.69 Å². The van der Waals surface area contributed by atoms with E-state index in [2.05, 4.69) is 5.32 Å². The fraction of sp³-hybridized carbons (Fsp3) is 0.467. The monoisotopic (exact) mass is 325 g/mol. The molecular weight excluding hydrogens is 306 g/mol. The van der Waals surface area contributed by atoms with Crippen molar-refractivity contribution < 1.29 is 23.1 Å². The topological polar surface area (TPSA) is 101 Å². The molecule has 1 aromatic carbocycles. The number of carboxylic acid groups (broad SMARTS) is 1. The molecule has 0 bridgehead atoms. The fourth-order valence-corrected chi connectivity index (χ4v) is 4.35. The molecular formula is C15H19NO5S. The highest BCUT2D eigenvalue weighted by Crippen LogP contribution is 2.25. The van der Waals surface area contributed by atoms with Gasteiger partial charge in [0.1, 0.15) is 5.75 Å². The summed E-state index contributed by atoms with van der Waals surface area (Å²) in [4.78, 5) is 22.4. The fourth-order valence-electron chi connectivity index (χ4n) is 2.63. The standard InChI is InChI=1S/C15H19NO5S/c17-14(10-22(20,21)13-3-1-2-4-13)16-12-7-5-11(6-8-12)9-15(18)19/h5-8,13H,1-4,9-10H2,(H,16,17)(H,18,19). The largest absolute Gasteiger partial charge is 0.481 e. The zero-order valence-electron chi connectivity index (χ0n) is 12.1. The van der Waals surface area contributed by atoms with Crippen LogP contribution >= 0.6 is 0 Å². The number of carbonyl (C=O) groups is 2. The zero-order valence-corrected chi connectivity index (χ0v) is 12.9. The summed E-state index contributed by atoms with van der Waals surface area (Å²) in [5, 5.41) is 10.8. The Hall–Kier alpha value is -1.89. The molecule has 1 amide bonds. The number of hydrogen-bond acceptors (Lipinski definition) is 4. The second-order valence-electron chi connectivity index (χ2n) is 5.53. The van der Waals surface area contributed by atoms with E-state index >= 15 is 0 Å². The summed E-state index contributed by atoms with van der Waals surface area (Å²) in [6.07, 6.45) is 2.98. The van der Waals surface area contributed by atoms with Crippen LogP contribution in [0.25, 0.3) is 0 Å². The van der Waals surface area contributed by atoms with Crippen LogP contribution < -0.4 is 5.32 Å².